The molecule has 1 atom stereocenters. The monoisotopic (exact) mass is 332 g/mol. The lowest BCUT2D eigenvalue weighted by atomic mass is 10.1. The van der Waals surface area contributed by atoms with Crippen LogP contribution in [0.25, 0.3) is 22.3 Å². The summed E-state index contributed by atoms with van der Waals surface area (Å²) in [6.07, 6.45) is 5.07. The molecule has 24 heavy (non-hydrogen) atoms. The van der Waals surface area contributed by atoms with Crippen LogP contribution in [0.3, 0.4) is 0 Å². The standard InChI is InChI=1S/C14H18N6O.CH2O2/c1-8(2)12(6-21)20-14-10-3-11(9-4-17-18-5-9)19-13(10)15-7-16-14;2-1-3/h3-5,7-8,12,21H,6H2,1-2H3,(H,17,18)(H2,15,16,19,20);1H,(H,2,3)/t12-;/m0./s1. The van der Waals surface area contributed by atoms with Crippen LogP contribution in [0.2, 0.25) is 0 Å². The van der Waals surface area contributed by atoms with Gasteiger partial charge in [-0.25, -0.2) is 9.97 Å². The predicted molar refractivity (Wildman–Crippen MR) is 89.5 cm³/mol. The molecule has 0 amide bonds. The number of aliphatic hydroxyl groups is 1. The van der Waals surface area contributed by atoms with E-state index in [9.17, 15) is 5.11 Å². The average molecular weight is 332 g/mol. The molecule has 0 radical (unpaired) electrons. The van der Waals surface area contributed by atoms with Crippen molar-refractivity contribution in [2.24, 2.45) is 5.92 Å². The van der Waals surface area contributed by atoms with Crippen molar-refractivity contribution in [3.63, 3.8) is 0 Å². The maximum atomic E-state index is 9.46. The number of nitrogens with zero attached hydrogens (tertiary/aromatic N) is 3. The summed E-state index contributed by atoms with van der Waals surface area (Å²) in [7, 11) is 0. The molecule has 3 rings (SSSR count). The molecule has 0 aromatic carbocycles. The van der Waals surface area contributed by atoms with Crippen molar-refractivity contribution in [2.75, 3.05) is 11.9 Å². The fourth-order valence-corrected chi connectivity index (χ4v) is 2.21. The summed E-state index contributed by atoms with van der Waals surface area (Å²) in [5.41, 5.74) is 2.64. The Morgan fingerprint density at radius 3 is 2.71 bits per heavy atom. The summed E-state index contributed by atoms with van der Waals surface area (Å²) in [5, 5.41) is 27.3. The first kappa shape index (κ1) is 17.4. The van der Waals surface area contributed by atoms with E-state index in [1.807, 2.05) is 12.3 Å². The molecule has 0 saturated carbocycles. The second kappa shape index (κ2) is 8.06. The lowest BCUT2D eigenvalue weighted by molar-refractivity contribution is -0.122. The van der Waals surface area contributed by atoms with Gasteiger partial charge in [-0.1, -0.05) is 13.8 Å². The van der Waals surface area contributed by atoms with Crippen molar-refractivity contribution in [2.45, 2.75) is 19.9 Å². The number of rotatable bonds is 5. The highest BCUT2D eigenvalue weighted by molar-refractivity contribution is 5.91. The Bertz CT molecular complexity index is 769. The summed E-state index contributed by atoms with van der Waals surface area (Å²) in [5.74, 6) is 1.02. The SMILES string of the molecule is CC(C)[C@H](CO)Nc1ncnc2[nH]c(-c3cn[nH]c3)cc12.O=CO. The van der Waals surface area contributed by atoms with E-state index in [2.05, 4.69) is 44.3 Å². The van der Waals surface area contributed by atoms with E-state index in [4.69, 9.17) is 9.90 Å². The molecule has 0 saturated heterocycles. The van der Waals surface area contributed by atoms with Crippen molar-refractivity contribution in [1.82, 2.24) is 25.1 Å². The summed E-state index contributed by atoms with van der Waals surface area (Å²) in [4.78, 5) is 20.2. The molecule has 0 aliphatic heterocycles. The van der Waals surface area contributed by atoms with Crippen LogP contribution in [0, 0.1) is 5.92 Å². The van der Waals surface area contributed by atoms with E-state index in [0.29, 0.717) is 5.92 Å². The number of aromatic amines is 2. The Morgan fingerprint density at radius 1 is 1.38 bits per heavy atom. The summed E-state index contributed by atoms with van der Waals surface area (Å²) >= 11 is 0. The number of carboxylic acid groups (broad SMARTS) is 1. The number of fused-ring (bicyclic) bond motifs is 1. The first-order valence-corrected chi connectivity index (χ1v) is 7.38. The molecule has 128 valence electrons. The number of aliphatic hydroxyl groups excluding tert-OH is 1. The zero-order valence-electron chi connectivity index (χ0n) is 13.4. The lowest BCUT2D eigenvalue weighted by Gasteiger charge is -2.20. The fraction of sp³-hybridized carbons (Fsp3) is 0.333. The van der Waals surface area contributed by atoms with Gasteiger partial charge in [-0.15, -0.1) is 0 Å². The first-order valence-electron chi connectivity index (χ1n) is 7.38. The normalized spacial score (nSPS) is 11.8. The van der Waals surface area contributed by atoms with E-state index < -0.39 is 0 Å². The third kappa shape index (κ3) is 3.87. The molecule has 3 aromatic rings. The van der Waals surface area contributed by atoms with Gasteiger partial charge in [-0.2, -0.15) is 5.10 Å². The number of hydrogen-bond acceptors (Lipinski definition) is 6. The zero-order chi connectivity index (χ0) is 17.5. The van der Waals surface area contributed by atoms with Crippen molar-refractivity contribution >= 4 is 23.3 Å². The molecular formula is C15H20N6O3. The van der Waals surface area contributed by atoms with Gasteiger partial charge in [0.2, 0.25) is 0 Å². The van der Waals surface area contributed by atoms with Crippen LogP contribution in [-0.2, 0) is 4.79 Å². The van der Waals surface area contributed by atoms with Crippen LogP contribution in [0.15, 0.2) is 24.8 Å². The van der Waals surface area contributed by atoms with Crippen molar-refractivity contribution in [3.05, 3.63) is 24.8 Å². The topological polar surface area (TPSA) is 140 Å². The lowest BCUT2D eigenvalue weighted by Crippen LogP contribution is -2.29. The van der Waals surface area contributed by atoms with Crippen LogP contribution in [0.1, 0.15) is 13.8 Å². The molecule has 0 fully saturated rings. The molecule has 5 N–H and O–H groups in total. The molecule has 0 bridgehead atoms. The van der Waals surface area contributed by atoms with E-state index in [1.54, 1.807) is 6.20 Å². The Kier molecular flexibility index (Phi) is 5.85. The first-order chi connectivity index (χ1) is 11.6. The number of carbonyl (C=O) groups is 1. The molecular weight excluding hydrogens is 312 g/mol. The van der Waals surface area contributed by atoms with E-state index in [1.165, 1.54) is 6.33 Å². The minimum Gasteiger partial charge on any atom is -0.483 e. The fourth-order valence-electron chi connectivity index (χ4n) is 2.21. The van der Waals surface area contributed by atoms with Crippen LogP contribution in [0.4, 0.5) is 5.82 Å². The van der Waals surface area contributed by atoms with Gasteiger partial charge in [0, 0.05) is 11.8 Å². The van der Waals surface area contributed by atoms with Crippen molar-refractivity contribution < 1.29 is 15.0 Å². The Hall–Kier alpha value is -2.94. The summed E-state index contributed by atoms with van der Waals surface area (Å²) in [6.45, 7) is 3.92. The van der Waals surface area contributed by atoms with Crippen LogP contribution >= 0.6 is 0 Å². The van der Waals surface area contributed by atoms with E-state index >= 15 is 0 Å². The molecule has 9 heteroatoms. The molecule has 0 aliphatic carbocycles. The highest BCUT2D eigenvalue weighted by atomic mass is 16.3. The highest BCUT2D eigenvalue weighted by Crippen LogP contribution is 2.26. The van der Waals surface area contributed by atoms with Gasteiger partial charge in [-0.3, -0.25) is 9.89 Å². The van der Waals surface area contributed by atoms with Gasteiger partial charge >= 0.3 is 0 Å². The van der Waals surface area contributed by atoms with Crippen molar-refractivity contribution in [1.29, 1.82) is 0 Å². The molecule has 3 heterocycles. The second-order valence-electron chi connectivity index (χ2n) is 5.44. The van der Waals surface area contributed by atoms with Gasteiger partial charge in [0.25, 0.3) is 6.47 Å². The maximum Gasteiger partial charge on any atom is 0.290 e. The number of nitrogens with one attached hydrogen (secondary N) is 3. The third-order valence-electron chi connectivity index (χ3n) is 3.56. The third-order valence-corrected chi connectivity index (χ3v) is 3.56. The van der Waals surface area contributed by atoms with Crippen LogP contribution < -0.4 is 5.32 Å². The zero-order valence-corrected chi connectivity index (χ0v) is 13.4. The molecule has 9 nitrogen and oxygen atoms in total. The predicted octanol–water partition coefficient (Wildman–Crippen LogP) is 1.48. The Morgan fingerprint density at radius 2 is 2.12 bits per heavy atom. The van der Waals surface area contributed by atoms with Gasteiger partial charge < -0.3 is 20.5 Å². The number of hydrogen-bond donors (Lipinski definition) is 5. The minimum absolute atomic E-state index is 0.0459. The Labute approximate surface area is 138 Å². The highest BCUT2D eigenvalue weighted by Gasteiger charge is 2.16. The smallest absolute Gasteiger partial charge is 0.290 e. The number of aromatic nitrogens is 5. The van der Waals surface area contributed by atoms with Crippen LogP contribution in [-0.4, -0.2) is 54.5 Å². The van der Waals surface area contributed by atoms with E-state index in [-0.39, 0.29) is 19.1 Å². The van der Waals surface area contributed by atoms with E-state index in [0.717, 1.165) is 28.1 Å². The average Bonchev–Trinajstić information content (AvgIpc) is 3.21. The molecule has 3 aromatic heterocycles. The summed E-state index contributed by atoms with van der Waals surface area (Å²) < 4.78 is 0. The summed E-state index contributed by atoms with van der Waals surface area (Å²) in [6, 6.07) is 1.94. The quantitative estimate of drug-likeness (QED) is 0.446. The van der Waals surface area contributed by atoms with Gasteiger partial charge in [0.1, 0.15) is 17.8 Å². The molecule has 0 unspecified atom stereocenters. The van der Waals surface area contributed by atoms with Crippen LogP contribution in [0.5, 0.6) is 0 Å². The molecule has 0 spiro atoms. The largest absolute Gasteiger partial charge is 0.483 e. The van der Waals surface area contributed by atoms with Gasteiger partial charge in [-0.05, 0) is 12.0 Å². The van der Waals surface area contributed by atoms with Crippen molar-refractivity contribution in [3.8, 4) is 11.3 Å². The minimum atomic E-state index is -0.250. The Balaban J connectivity index is 0.000000647. The second-order valence-corrected chi connectivity index (χ2v) is 5.44. The number of H-pyrrole nitrogens is 2. The van der Waals surface area contributed by atoms with Gasteiger partial charge in [0.15, 0.2) is 0 Å². The van der Waals surface area contributed by atoms with Gasteiger partial charge in [0.05, 0.1) is 29.9 Å². The number of anilines is 1. The maximum absolute atomic E-state index is 9.46. The molecule has 0 aliphatic rings.